The van der Waals surface area contributed by atoms with Crippen LogP contribution in [0.4, 0.5) is 0 Å². The first-order valence-electron chi connectivity index (χ1n) is 8.80. The summed E-state index contributed by atoms with van der Waals surface area (Å²) in [4.78, 5) is 12.1. The second kappa shape index (κ2) is 9.33. The number of rotatable bonds is 8. The fourth-order valence-corrected chi connectivity index (χ4v) is 2.40. The standard InChI is InChI=1S/C21H21N3O3/c1-2-14-26-19-10-6-7-11-20(19)27-21(25)13-12-18-16-24(23-22-18)15-17-8-4-3-5-9-17/h3-13,16H,2,14-15H2,1H3/b13-12+. The van der Waals surface area contributed by atoms with Crippen molar-refractivity contribution < 1.29 is 14.3 Å². The van der Waals surface area contributed by atoms with Gasteiger partial charge in [0.25, 0.3) is 0 Å². The number of ether oxygens (including phenoxy) is 2. The third-order valence-electron chi connectivity index (χ3n) is 3.66. The summed E-state index contributed by atoms with van der Waals surface area (Å²) in [7, 11) is 0. The lowest BCUT2D eigenvalue weighted by atomic mass is 10.2. The second-order valence-electron chi connectivity index (χ2n) is 5.88. The number of aromatic nitrogens is 3. The number of benzene rings is 2. The van der Waals surface area contributed by atoms with Gasteiger partial charge in [0.15, 0.2) is 11.5 Å². The number of para-hydroxylation sites is 2. The minimum Gasteiger partial charge on any atom is -0.490 e. The highest BCUT2D eigenvalue weighted by Crippen LogP contribution is 2.26. The van der Waals surface area contributed by atoms with Crippen molar-refractivity contribution in [1.29, 1.82) is 0 Å². The summed E-state index contributed by atoms with van der Waals surface area (Å²) in [6.07, 6.45) is 5.55. The molecule has 0 aliphatic heterocycles. The summed E-state index contributed by atoms with van der Waals surface area (Å²) in [5, 5.41) is 8.11. The first kappa shape index (κ1) is 18.4. The van der Waals surface area contributed by atoms with Crippen molar-refractivity contribution in [2.45, 2.75) is 19.9 Å². The van der Waals surface area contributed by atoms with Crippen molar-refractivity contribution >= 4 is 12.0 Å². The van der Waals surface area contributed by atoms with Crippen LogP contribution in [-0.2, 0) is 11.3 Å². The van der Waals surface area contributed by atoms with Crippen LogP contribution in [0.25, 0.3) is 6.08 Å². The van der Waals surface area contributed by atoms with E-state index in [-0.39, 0.29) is 0 Å². The van der Waals surface area contributed by atoms with Crippen LogP contribution in [0, 0.1) is 0 Å². The average molecular weight is 363 g/mol. The molecule has 0 saturated carbocycles. The van der Waals surface area contributed by atoms with Crippen LogP contribution in [0.3, 0.4) is 0 Å². The molecule has 6 nitrogen and oxygen atoms in total. The molecule has 27 heavy (non-hydrogen) atoms. The topological polar surface area (TPSA) is 66.2 Å². The molecule has 0 unspecified atom stereocenters. The summed E-state index contributed by atoms with van der Waals surface area (Å²) in [5.41, 5.74) is 1.71. The maximum absolute atomic E-state index is 12.1. The van der Waals surface area contributed by atoms with Crippen LogP contribution in [0.2, 0.25) is 0 Å². The number of esters is 1. The molecule has 0 atom stereocenters. The highest BCUT2D eigenvalue weighted by atomic mass is 16.6. The molecule has 138 valence electrons. The second-order valence-corrected chi connectivity index (χ2v) is 5.88. The van der Waals surface area contributed by atoms with Gasteiger partial charge in [0.2, 0.25) is 0 Å². The van der Waals surface area contributed by atoms with Crippen molar-refractivity contribution in [3.63, 3.8) is 0 Å². The van der Waals surface area contributed by atoms with E-state index in [1.807, 2.05) is 43.3 Å². The molecule has 0 amide bonds. The van der Waals surface area contributed by atoms with Gasteiger partial charge in [-0.25, -0.2) is 9.48 Å². The molecule has 0 bridgehead atoms. The zero-order valence-electron chi connectivity index (χ0n) is 15.1. The normalized spacial score (nSPS) is 10.9. The number of hydrogen-bond donors (Lipinski definition) is 0. The molecule has 0 spiro atoms. The molecular formula is C21H21N3O3. The van der Waals surface area contributed by atoms with E-state index in [9.17, 15) is 4.79 Å². The van der Waals surface area contributed by atoms with Gasteiger partial charge in [0.05, 0.1) is 19.3 Å². The lowest BCUT2D eigenvalue weighted by molar-refractivity contribution is -0.129. The van der Waals surface area contributed by atoms with Gasteiger partial charge < -0.3 is 9.47 Å². The zero-order chi connectivity index (χ0) is 18.9. The molecule has 0 fully saturated rings. The summed E-state index contributed by atoms with van der Waals surface area (Å²) in [6.45, 7) is 3.20. The van der Waals surface area contributed by atoms with Crippen molar-refractivity contribution in [2.75, 3.05) is 6.61 Å². The van der Waals surface area contributed by atoms with E-state index in [4.69, 9.17) is 9.47 Å². The van der Waals surface area contributed by atoms with E-state index in [1.54, 1.807) is 35.2 Å². The Labute approximate surface area is 158 Å². The summed E-state index contributed by atoms with van der Waals surface area (Å²) in [5.74, 6) is 0.448. The SMILES string of the molecule is CCCOc1ccccc1OC(=O)/C=C/c1cn(Cc2ccccc2)nn1. The van der Waals surface area contributed by atoms with Crippen molar-refractivity contribution in [3.05, 3.63) is 78.1 Å². The van der Waals surface area contributed by atoms with Crippen LogP contribution in [0.5, 0.6) is 11.5 Å². The molecular weight excluding hydrogens is 342 g/mol. The number of nitrogens with zero attached hydrogens (tertiary/aromatic N) is 3. The maximum Gasteiger partial charge on any atom is 0.336 e. The van der Waals surface area contributed by atoms with Crippen LogP contribution < -0.4 is 9.47 Å². The van der Waals surface area contributed by atoms with Gasteiger partial charge in [0.1, 0.15) is 5.69 Å². The molecule has 3 rings (SSSR count). The van der Waals surface area contributed by atoms with Gasteiger partial charge in [-0.15, -0.1) is 5.10 Å². The first-order valence-corrected chi connectivity index (χ1v) is 8.80. The summed E-state index contributed by atoms with van der Waals surface area (Å²) < 4.78 is 12.7. The van der Waals surface area contributed by atoms with E-state index in [2.05, 4.69) is 10.3 Å². The quantitative estimate of drug-likeness (QED) is 0.347. The van der Waals surface area contributed by atoms with Crippen LogP contribution >= 0.6 is 0 Å². The number of carbonyl (C=O) groups excluding carboxylic acids is 1. The Hall–Kier alpha value is -3.41. The monoisotopic (exact) mass is 363 g/mol. The van der Waals surface area contributed by atoms with Gasteiger partial charge in [-0.2, -0.15) is 0 Å². The minimum absolute atomic E-state index is 0.397. The average Bonchev–Trinajstić information content (AvgIpc) is 3.14. The van der Waals surface area contributed by atoms with Gasteiger partial charge in [-0.1, -0.05) is 54.6 Å². The third kappa shape index (κ3) is 5.54. The fourth-order valence-electron chi connectivity index (χ4n) is 2.40. The van der Waals surface area contributed by atoms with Crippen LogP contribution in [0.1, 0.15) is 24.6 Å². The predicted molar refractivity (Wildman–Crippen MR) is 102 cm³/mol. The van der Waals surface area contributed by atoms with Gasteiger partial charge in [0, 0.05) is 6.08 Å². The zero-order valence-corrected chi connectivity index (χ0v) is 15.1. The lowest BCUT2D eigenvalue weighted by Crippen LogP contribution is -2.06. The smallest absolute Gasteiger partial charge is 0.336 e. The van der Waals surface area contributed by atoms with Crippen LogP contribution in [0.15, 0.2) is 66.9 Å². The third-order valence-corrected chi connectivity index (χ3v) is 3.66. The molecule has 0 aliphatic carbocycles. The fraction of sp³-hybridized carbons (Fsp3) is 0.190. The molecule has 1 heterocycles. The Bertz CT molecular complexity index is 904. The Morgan fingerprint density at radius 1 is 1.07 bits per heavy atom. The van der Waals surface area contributed by atoms with E-state index >= 15 is 0 Å². The van der Waals surface area contributed by atoms with Gasteiger partial charge in [-0.05, 0) is 30.2 Å². The summed E-state index contributed by atoms with van der Waals surface area (Å²) >= 11 is 0. The lowest BCUT2D eigenvalue weighted by Gasteiger charge is -2.09. The Morgan fingerprint density at radius 2 is 1.81 bits per heavy atom. The maximum atomic E-state index is 12.1. The first-order chi connectivity index (χ1) is 13.2. The molecule has 0 aliphatic rings. The van der Waals surface area contributed by atoms with E-state index in [0.29, 0.717) is 30.3 Å². The predicted octanol–water partition coefficient (Wildman–Crippen LogP) is 3.73. The van der Waals surface area contributed by atoms with E-state index in [1.165, 1.54) is 6.08 Å². The number of hydrogen-bond acceptors (Lipinski definition) is 5. The van der Waals surface area contributed by atoms with Crippen molar-refractivity contribution in [2.24, 2.45) is 0 Å². The molecule has 1 aromatic heterocycles. The van der Waals surface area contributed by atoms with Crippen molar-refractivity contribution in [1.82, 2.24) is 15.0 Å². The Kier molecular flexibility index (Phi) is 6.35. The van der Waals surface area contributed by atoms with Gasteiger partial charge in [-0.3, -0.25) is 0 Å². The minimum atomic E-state index is -0.500. The number of carbonyl (C=O) groups is 1. The van der Waals surface area contributed by atoms with Gasteiger partial charge >= 0.3 is 5.97 Å². The largest absolute Gasteiger partial charge is 0.490 e. The highest BCUT2D eigenvalue weighted by molar-refractivity contribution is 5.88. The molecule has 0 radical (unpaired) electrons. The van der Waals surface area contributed by atoms with Crippen LogP contribution in [-0.4, -0.2) is 27.6 Å². The molecule has 6 heteroatoms. The van der Waals surface area contributed by atoms with Crippen molar-refractivity contribution in [3.8, 4) is 11.5 Å². The highest BCUT2D eigenvalue weighted by Gasteiger charge is 2.08. The molecule has 2 aromatic carbocycles. The Balaban J connectivity index is 1.59. The summed E-state index contributed by atoms with van der Waals surface area (Å²) in [6, 6.07) is 17.1. The molecule has 0 N–H and O–H groups in total. The van der Waals surface area contributed by atoms with E-state index in [0.717, 1.165) is 12.0 Å². The molecule has 3 aromatic rings. The Morgan fingerprint density at radius 3 is 2.59 bits per heavy atom. The molecule has 0 saturated heterocycles. The van der Waals surface area contributed by atoms with E-state index < -0.39 is 5.97 Å².